The summed E-state index contributed by atoms with van der Waals surface area (Å²) < 4.78 is 52.5. The van der Waals surface area contributed by atoms with Crippen LogP contribution in [0.3, 0.4) is 0 Å². The second-order valence-electron chi connectivity index (χ2n) is 4.16. The van der Waals surface area contributed by atoms with E-state index in [2.05, 4.69) is 0 Å². The van der Waals surface area contributed by atoms with Gasteiger partial charge in [0, 0.05) is 10.6 Å². The SMILES string of the molecule is O=C(O)c1cc(Cl)c(-c2ccccc2C(F)(F)F)cc1F. The largest absolute Gasteiger partial charge is 0.478 e. The van der Waals surface area contributed by atoms with Gasteiger partial charge in [0.25, 0.3) is 0 Å². The molecule has 2 rings (SSSR count). The molecule has 0 aliphatic rings. The molecule has 0 radical (unpaired) electrons. The van der Waals surface area contributed by atoms with E-state index in [-0.39, 0.29) is 16.1 Å². The van der Waals surface area contributed by atoms with Crippen LogP contribution in [-0.4, -0.2) is 11.1 Å². The number of hydrogen-bond donors (Lipinski definition) is 1. The summed E-state index contributed by atoms with van der Waals surface area (Å²) >= 11 is 5.80. The molecule has 0 heterocycles. The van der Waals surface area contributed by atoms with E-state index in [1.807, 2.05) is 0 Å². The van der Waals surface area contributed by atoms with Gasteiger partial charge in [-0.15, -0.1) is 0 Å². The van der Waals surface area contributed by atoms with E-state index >= 15 is 0 Å². The van der Waals surface area contributed by atoms with Crippen molar-refractivity contribution in [1.82, 2.24) is 0 Å². The molecule has 0 aliphatic carbocycles. The highest BCUT2D eigenvalue weighted by atomic mass is 35.5. The van der Waals surface area contributed by atoms with E-state index in [9.17, 15) is 22.4 Å². The first-order valence-corrected chi connectivity index (χ1v) is 5.98. The predicted molar refractivity (Wildman–Crippen MR) is 68.8 cm³/mol. The number of halogens is 5. The Balaban J connectivity index is 2.69. The zero-order valence-electron chi connectivity index (χ0n) is 10.2. The minimum Gasteiger partial charge on any atom is -0.478 e. The highest BCUT2D eigenvalue weighted by molar-refractivity contribution is 6.33. The summed E-state index contributed by atoms with van der Waals surface area (Å²) in [6, 6.07) is 6.02. The molecule has 7 heteroatoms. The highest BCUT2D eigenvalue weighted by Gasteiger charge is 2.34. The van der Waals surface area contributed by atoms with Gasteiger partial charge in [0.15, 0.2) is 0 Å². The van der Waals surface area contributed by atoms with Gasteiger partial charge in [-0.05, 0) is 23.8 Å². The number of carboxylic acid groups (broad SMARTS) is 1. The zero-order chi connectivity index (χ0) is 15.8. The van der Waals surface area contributed by atoms with Gasteiger partial charge in [-0.1, -0.05) is 29.8 Å². The molecule has 0 atom stereocenters. The van der Waals surface area contributed by atoms with Gasteiger partial charge in [0.05, 0.1) is 11.1 Å². The molecule has 0 bridgehead atoms. The van der Waals surface area contributed by atoms with Crippen molar-refractivity contribution in [3.63, 3.8) is 0 Å². The summed E-state index contributed by atoms with van der Waals surface area (Å²) in [6.45, 7) is 0. The molecule has 0 fully saturated rings. The van der Waals surface area contributed by atoms with Gasteiger partial charge >= 0.3 is 12.1 Å². The number of rotatable bonds is 2. The van der Waals surface area contributed by atoms with Crippen LogP contribution in [0.15, 0.2) is 36.4 Å². The van der Waals surface area contributed by atoms with Crippen LogP contribution in [0.5, 0.6) is 0 Å². The summed E-state index contributed by atoms with van der Waals surface area (Å²) in [5, 5.41) is 8.48. The Morgan fingerprint density at radius 1 is 1.10 bits per heavy atom. The van der Waals surface area contributed by atoms with Gasteiger partial charge in [-0.2, -0.15) is 13.2 Å². The van der Waals surface area contributed by atoms with Crippen LogP contribution in [0.25, 0.3) is 11.1 Å². The Morgan fingerprint density at radius 3 is 2.29 bits per heavy atom. The van der Waals surface area contributed by atoms with Crippen LogP contribution in [0.1, 0.15) is 15.9 Å². The Hall–Kier alpha value is -2.08. The second-order valence-corrected chi connectivity index (χ2v) is 4.57. The first-order chi connectivity index (χ1) is 9.71. The van der Waals surface area contributed by atoms with Gasteiger partial charge < -0.3 is 5.11 Å². The maximum absolute atomic E-state index is 13.7. The third kappa shape index (κ3) is 3.00. The van der Waals surface area contributed by atoms with Crippen LogP contribution in [0.2, 0.25) is 5.02 Å². The Labute approximate surface area is 121 Å². The van der Waals surface area contributed by atoms with Gasteiger partial charge in [-0.3, -0.25) is 0 Å². The van der Waals surface area contributed by atoms with Crippen molar-refractivity contribution in [3.8, 4) is 11.1 Å². The molecule has 0 unspecified atom stereocenters. The highest BCUT2D eigenvalue weighted by Crippen LogP contribution is 2.40. The number of carboxylic acids is 1. The monoisotopic (exact) mass is 318 g/mol. The molecule has 0 saturated heterocycles. The molecule has 0 amide bonds. The quantitative estimate of drug-likeness (QED) is 0.803. The van der Waals surface area contributed by atoms with Crippen molar-refractivity contribution in [1.29, 1.82) is 0 Å². The molecule has 0 saturated carbocycles. The molecular weight excluding hydrogens is 312 g/mol. The molecule has 1 N–H and O–H groups in total. The maximum Gasteiger partial charge on any atom is 0.417 e. The molecule has 0 aliphatic heterocycles. The molecule has 2 aromatic rings. The topological polar surface area (TPSA) is 37.3 Å². The van der Waals surface area contributed by atoms with Gasteiger partial charge in [0.1, 0.15) is 5.82 Å². The minimum atomic E-state index is -4.64. The number of aromatic carboxylic acids is 1. The van der Waals surface area contributed by atoms with Crippen LogP contribution in [-0.2, 0) is 6.18 Å². The van der Waals surface area contributed by atoms with E-state index in [1.54, 1.807) is 0 Å². The fraction of sp³-hybridized carbons (Fsp3) is 0.0714. The lowest BCUT2D eigenvalue weighted by Gasteiger charge is -2.14. The molecule has 21 heavy (non-hydrogen) atoms. The van der Waals surface area contributed by atoms with Crippen LogP contribution in [0.4, 0.5) is 17.6 Å². The van der Waals surface area contributed by atoms with Crippen molar-refractivity contribution in [3.05, 3.63) is 58.4 Å². The third-order valence-electron chi connectivity index (χ3n) is 2.81. The summed E-state index contributed by atoms with van der Waals surface area (Å²) in [5.41, 5.74) is -2.21. The smallest absolute Gasteiger partial charge is 0.417 e. The summed E-state index contributed by atoms with van der Waals surface area (Å²) in [6.07, 6.45) is -4.64. The van der Waals surface area contributed by atoms with Crippen LogP contribution in [0, 0.1) is 5.82 Å². The number of benzene rings is 2. The van der Waals surface area contributed by atoms with Crippen LogP contribution < -0.4 is 0 Å². The van der Waals surface area contributed by atoms with Crippen molar-refractivity contribution < 1.29 is 27.5 Å². The molecule has 2 aromatic carbocycles. The normalized spacial score (nSPS) is 11.5. The Morgan fingerprint density at radius 2 is 1.71 bits per heavy atom. The first kappa shape index (κ1) is 15.3. The maximum atomic E-state index is 13.7. The van der Waals surface area contributed by atoms with Gasteiger partial charge in [0.2, 0.25) is 0 Å². The lowest BCUT2D eigenvalue weighted by molar-refractivity contribution is -0.137. The molecular formula is C14H7ClF4O2. The summed E-state index contributed by atoms with van der Waals surface area (Å²) in [7, 11) is 0. The van der Waals surface area contributed by atoms with Crippen molar-refractivity contribution >= 4 is 17.6 Å². The van der Waals surface area contributed by atoms with Crippen molar-refractivity contribution in [2.75, 3.05) is 0 Å². The molecule has 2 nitrogen and oxygen atoms in total. The summed E-state index contributed by atoms with van der Waals surface area (Å²) in [5.74, 6) is -2.70. The molecule has 0 spiro atoms. The number of carbonyl (C=O) groups is 1. The first-order valence-electron chi connectivity index (χ1n) is 5.60. The van der Waals surface area contributed by atoms with Crippen molar-refractivity contribution in [2.45, 2.75) is 6.18 Å². The summed E-state index contributed by atoms with van der Waals surface area (Å²) in [4.78, 5) is 10.8. The average molecular weight is 319 g/mol. The van der Waals surface area contributed by atoms with E-state index in [0.29, 0.717) is 6.07 Å². The Bertz CT molecular complexity index is 711. The zero-order valence-corrected chi connectivity index (χ0v) is 11.0. The fourth-order valence-corrected chi connectivity index (χ4v) is 2.15. The lowest BCUT2D eigenvalue weighted by Crippen LogP contribution is -2.07. The minimum absolute atomic E-state index is 0.216. The van der Waals surface area contributed by atoms with Crippen LogP contribution >= 0.6 is 11.6 Å². The number of alkyl halides is 3. The Kier molecular flexibility index (Phi) is 3.91. The lowest BCUT2D eigenvalue weighted by atomic mass is 9.98. The third-order valence-corrected chi connectivity index (χ3v) is 3.12. The van der Waals surface area contributed by atoms with E-state index < -0.39 is 29.1 Å². The second kappa shape index (κ2) is 5.37. The molecule has 0 aromatic heterocycles. The van der Waals surface area contributed by atoms with E-state index in [1.165, 1.54) is 12.1 Å². The predicted octanol–water partition coefficient (Wildman–Crippen LogP) is 4.86. The van der Waals surface area contributed by atoms with E-state index in [0.717, 1.165) is 18.2 Å². The standard InChI is InChI=1S/C14H7ClF4O2/c15-11-5-9(13(20)21)12(16)6-8(11)7-3-1-2-4-10(7)14(17,18)19/h1-6H,(H,20,21). The number of hydrogen-bond acceptors (Lipinski definition) is 1. The molecule has 110 valence electrons. The fourth-order valence-electron chi connectivity index (χ4n) is 1.88. The average Bonchev–Trinajstić information content (AvgIpc) is 2.39. The van der Waals surface area contributed by atoms with Gasteiger partial charge in [-0.25, -0.2) is 9.18 Å². The van der Waals surface area contributed by atoms with E-state index in [4.69, 9.17) is 16.7 Å². The van der Waals surface area contributed by atoms with Crippen molar-refractivity contribution in [2.24, 2.45) is 0 Å².